The molecule has 23 nitrogen and oxygen atoms in total. The fraction of sp³-hybridized carbons (Fsp3) is 0.330. The van der Waals surface area contributed by atoms with Gasteiger partial charge in [0.05, 0.1) is 85.1 Å². The minimum atomic E-state index is -1.02. The van der Waals surface area contributed by atoms with Gasteiger partial charge in [0, 0.05) is 112 Å². The Hall–Kier alpha value is -12.3. The van der Waals surface area contributed by atoms with Crippen LogP contribution >= 0.6 is 0 Å². The average Bonchev–Trinajstić information content (AvgIpc) is 0.838. The summed E-state index contributed by atoms with van der Waals surface area (Å²) in [6.45, 7) is 12.2. The van der Waals surface area contributed by atoms with Gasteiger partial charge in [-0.1, -0.05) is 48.5 Å². The SMILES string of the molecule is CCOc1ccc(CC2CCN(C(=O)c3ccc(C(=O)NC4CCN(Cc5ccc(C#N)cc5)CC4)cc3)CC2)cc1.COC(=O)c1ccc(C(=O)NC2CCN(Cc3ccc(C#N)cc3)CC2)cc1.COC(=O)c1ccc(C(=O)NC2CCN(Cc3ccc(C#N)cc3)CC2)cc1.COC(=O)c1ccc(C(=O)O)cc1. The predicted molar refractivity (Wildman–Crippen MR) is 417 cm³/mol. The number of methoxy groups -OCH3 is 3. The van der Waals surface area contributed by atoms with Crippen molar-refractivity contribution in [2.24, 2.45) is 5.92 Å². The summed E-state index contributed by atoms with van der Waals surface area (Å²) in [5.41, 5.74) is 10.5. The first-order valence-electron chi connectivity index (χ1n) is 37.3. The van der Waals surface area contributed by atoms with Crippen molar-refractivity contribution in [2.75, 3.05) is 80.3 Å². The molecule has 0 atom stereocenters. The molecule has 4 fully saturated rings. The summed E-state index contributed by atoms with van der Waals surface area (Å²) in [6.07, 6.45) is 8.36. The van der Waals surface area contributed by atoms with Crippen LogP contribution in [-0.4, -0.2) is 171 Å². The number of hydrogen-bond acceptors (Lipinski definition) is 18. The topological polar surface area (TPSA) is 314 Å². The molecule has 0 aromatic heterocycles. The molecule has 4 saturated heterocycles. The van der Waals surface area contributed by atoms with Crippen LogP contribution < -0.4 is 20.7 Å². The third-order valence-electron chi connectivity index (χ3n) is 20.0. The van der Waals surface area contributed by atoms with E-state index >= 15 is 0 Å². The van der Waals surface area contributed by atoms with E-state index in [1.807, 2.05) is 96.8 Å². The molecule has 111 heavy (non-hydrogen) atoms. The molecular formula is C88H94N10O13. The predicted octanol–water partition coefficient (Wildman–Crippen LogP) is 12.1. The number of carboxylic acid groups (broad SMARTS) is 1. The summed E-state index contributed by atoms with van der Waals surface area (Å²) in [4.78, 5) is 104. The van der Waals surface area contributed by atoms with E-state index in [1.54, 1.807) is 72.8 Å². The lowest BCUT2D eigenvalue weighted by Crippen LogP contribution is -2.44. The van der Waals surface area contributed by atoms with Crippen LogP contribution in [0.1, 0.15) is 180 Å². The lowest BCUT2D eigenvalue weighted by atomic mass is 9.90. The lowest BCUT2D eigenvalue weighted by molar-refractivity contribution is 0.0591. The molecule has 0 saturated carbocycles. The zero-order chi connectivity index (χ0) is 79.0. The third kappa shape index (κ3) is 25.7. The third-order valence-corrected chi connectivity index (χ3v) is 20.0. The second-order valence-electron chi connectivity index (χ2n) is 27.6. The molecule has 4 heterocycles. The highest BCUT2D eigenvalue weighted by molar-refractivity contribution is 5.99. The maximum Gasteiger partial charge on any atom is 0.337 e. The minimum absolute atomic E-state index is 0.0381. The number of ether oxygens (including phenoxy) is 4. The fourth-order valence-corrected chi connectivity index (χ4v) is 13.5. The van der Waals surface area contributed by atoms with Gasteiger partial charge in [-0.3, -0.25) is 33.9 Å². The number of rotatable bonds is 21. The Kier molecular flexibility index (Phi) is 31.6. The molecule has 0 bridgehead atoms. The highest BCUT2D eigenvalue weighted by Gasteiger charge is 2.28. The number of nitriles is 3. The number of carbonyl (C=O) groups is 8. The number of amides is 4. The Bertz CT molecular complexity index is 4380. The molecule has 12 rings (SSSR count). The molecule has 0 aliphatic carbocycles. The van der Waals surface area contributed by atoms with Gasteiger partial charge >= 0.3 is 23.9 Å². The molecule has 0 radical (unpaired) electrons. The van der Waals surface area contributed by atoms with Gasteiger partial charge in [-0.05, 0) is 238 Å². The zero-order valence-electron chi connectivity index (χ0n) is 63.1. The number of benzene rings is 8. The first kappa shape index (κ1) is 82.7. The summed E-state index contributed by atoms with van der Waals surface area (Å²) in [5.74, 6) is -1.14. The quantitative estimate of drug-likeness (QED) is 0.0384. The maximum atomic E-state index is 13.1. The van der Waals surface area contributed by atoms with Crippen LogP contribution in [0.15, 0.2) is 194 Å². The van der Waals surface area contributed by atoms with Crippen LogP contribution in [-0.2, 0) is 40.3 Å². The Morgan fingerprint density at radius 3 is 0.928 bits per heavy atom. The molecule has 8 aromatic rings. The van der Waals surface area contributed by atoms with Gasteiger partial charge in [-0.15, -0.1) is 0 Å². The van der Waals surface area contributed by atoms with Crippen molar-refractivity contribution < 1.29 is 62.4 Å². The minimum Gasteiger partial charge on any atom is -0.494 e. The highest BCUT2D eigenvalue weighted by atomic mass is 16.5. The molecule has 0 unspecified atom stereocenters. The normalized spacial score (nSPS) is 14.8. The summed E-state index contributed by atoms with van der Waals surface area (Å²) in [7, 11) is 3.93. The average molecular weight is 1500 g/mol. The van der Waals surface area contributed by atoms with Gasteiger partial charge in [0.1, 0.15) is 5.75 Å². The lowest BCUT2D eigenvalue weighted by Gasteiger charge is -2.32. The van der Waals surface area contributed by atoms with Crippen LogP contribution in [0.25, 0.3) is 0 Å². The molecule has 4 amide bonds. The molecule has 0 spiro atoms. The monoisotopic (exact) mass is 1500 g/mol. The molecule has 23 heteroatoms. The van der Waals surface area contributed by atoms with Gasteiger partial charge in [0.2, 0.25) is 0 Å². The number of likely N-dealkylation sites (tertiary alicyclic amines) is 4. The van der Waals surface area contributed by atoms with Crippen LogP contribution in [0.4, 0.5) is 0 Å². The molecule has 4 aliphatic heterocycles. The Morgan fingerprint density at radius 1 is 0.369 bits per heavy atom. The first-order chi connectivity index (χ1) is 53.8. The van der Waals surface area contributed by atoms with Crippen LogP contribution in [0, 0.1) is 39.9 Å². The highest BCUT2D eigenvalue weighted by Crippen LogP contribution is 2.26. The van der Waals surface area contributed by atoms with E-state index in [4.69, 9.17) is 25.6 Å². The van der Waals surface area contributed by atoms with Crippen molar-refractivity contribution in [3.8, 4) is 24.0 Å². The van der Waals surface area contributed by atoms with E-state index in [0.717, 1.165) is 136 Å². The van der Waals surface area contributed by atoms with Gasteiger partial charge in [0.25, 0.3) is 23.6 Å². The van der Waals surface area contributed by atoms with Gasteiger partial charge in [-0.25, -0.2) is 19.2 Å². The summed E-state index contributed by atoms with van der Waals surface area (Å²) >= 11 is 0. The summed E-state index contributed by atoms with van der Waals surface area (Å²) in [5, 5.41) is 44.6. The number of carboxylic acids is 1. The number of nitrogens with zero attached hydrogens (tertiary/aromatic N) is 7. The second kappa shape index (κ2) is 42.4. The second-order valence-corrected chi connectivity index (χ2v) is 27.6. The zero-order valence-corrected chi connectivity index (χ0v) is 63.1. The number of esters is 3. The van der Waals surface area contributed by atoms with Gasteiger partial charge < -0.3 is 44.9 Å². The van der Waals surface area contributed by atoms with E-state index in [2.05, 4.69) is 75.2 Å². The molecule has 8 aromatic carbocycles. The number of aromatic carboxylic acids is 1. The van der Waals surface area contributed by atoms with Crippen molar-refractivity contribution in [3.05, 3.63) is 278 Å². The van der Waals surface area contributed by atoms with E-state index in [0.29, 0.717) is 68.2 Å². The van der Waals surface area contributed by atoms with Crippen molar-refractivity contribution in [1.29, 1.82) is 15.8 Å². The fourth-order valence-electron chi connectivity index (χ4n) is 13.5. The smallest absolute Gasteiger partial charge is 0.337 e. The van der Waals surface area contributed by atoms with Gasteiger partial charge in [-0.2, -0.15) is 15.8 Å². The Balaban J connectivity index is 0.000000181. The van der Waals surface area contributed by atoms with Crippen molar-refractivity contribution in [1.82, 2.24) is 35.6 Å². The van der Waals surface area contributed by atoms with E-state index in [9.17, 15) is 38.4 Å². The number of piperidine rings is 4. The summed E-state index contributed by atoms with van der Waals surface area (Å²) < 4.78 is 19.3. The number of hydrogen-bond donors (Lipinski definition) is 4. The number of carbonyl (C=O) groups excluding carboxylic acids is 7. The Labute approximate surface area is 648 Å². The van der Waals surface area contributed by atoms with Gasteiger partial charge in [0.15, 0.2) is 0 Å². The molecule has 4 N–H and O–H groups in total. The largest absolute Gasteiger partial charge is 0.494 e. The van der Waals surface area contributed by atoms with Crippen molar-refractivity contribution in [3.63, 3.8) is 0 Å². The Morgan fingerprint density at radius 2 is 0.649 bits per heavy atom. The first-order valence-corrected chi connectivity index (χ1v) is 37.3. The van der Waals surface area contributed by atoms with Crippen LogP contribution in [0.3, 0.4) is 0 Å². The summed E-state index contributed by atoms with van der Waals surface area (Å²) in [6, 6.07) is 63.8. The van der Waals surface area contributed by atoms with Crippen molar-refractivity contribution >= 4 is 47.5 Å². The van der Waals surface area contributed by atoms with E-state index in [-0.39, 0.29) is 47.3 Å². The number of nitrogens with one attached hydrogen (secondary N) is 3. The van der Waals surface area contributed by atoms with E-state index in [1.165, 1.54) is 67.8 Å². The molecular weight excluding hydrogens is 1410 g/mol. The van der Waals surface area contributed by atoms with E-state index < -0.39 is 23.9 Å². The molecule has 4 aliphatic rings. The van der Waals surface area contributed by atoms with Crippen LogP contribution in [0.5, 0.6) is 5.75 Å². The molecule has 574 valence electrons. The maximum absolute atomic E-state index is 13.1. The van der Waals surface area contributed by atoms with Crippen LogP contribution in [0.2, 0.25) is 0 Å². The standard InChI is InChI=1S/C35H40N4O3.2C22H23N3O3.C9H8O4/c1-2-42-33-13-7-26(8-14-33)23-27-15-21-39(22-16-27)35(41)31-11-9-30(10-12-31)34(40)37-32-17-19-38(20-18-32)25-29-5-3-28(24-36)4-6-29;2*1-28-22(27)19-8-6-18(7-9-19)21(26)24-20-10-12-25(13-11-20)15-17-4-2-16(14-23)3-5-17;1-13-9(12)7-4-2-6(3-5-7)8(10)11/h3-14,27,32H,2,15-23,25H2,1H3,(H,37,40);2*2-9,20H,10-13,15H2,1H3,(H,24,26);2-5H,1H3,(H,10,11). The van der Waals surface area contributed by atoms with Crippen molar-refractivity contribution in [2.45, 2.75) is 102 Å².